The first kappa shape index (κ1) is 18.8. The first-order chi connectivity index (χ1) is 13.7. The van der Waals surface area contributed by atoms with Crippen LogP contribution in [0.5, 0.6) is 0 Å². The Hall–Kier alpha value is -2.51. The third kappa shape index (κ3) is 4.48. The number of aromatic nitrogens is 2. The molecular weight excluding hydrogens is 372 g/mol. The molecule has 0 saturated carbocycles. The molecule has 1 atom stereocenters. The van der Waals surface area contributed by atoms with Gasteiger partial charge in [-0.3, -0.25) is 9.69 Å². The van der Waals surface area contributed by atoms with Crippen LogP contribution in [0.1, 0.15) is 34.0 Å². The smallest absolute Gasteiger partial charge is 0.261 e. The summed E-state index contributed by atoms with van der Waals surface area (Å²) >= 11 is 1.50. The van der Waals surface area contributed by atoms with E-state index in [4.69, 9.17) is 4.42 Å². The van der Waals surface area contributed by atoms with Gasteiger partial charge >= 0.3 is 0 Å². The highest BCUT2D eigenvalue weighted by atomic mass is 32.1. The molecule has 4 rings (SSSR count). The van der Waals surface area contributed by atoms with Gasteiger partial charge in [-0.05, 0) is 61.4 Å². The van der Waals surface area contributed by atoms with E-state index in [9.17, 15) is 4.79 Å². The molecule has 0 aliphatic carbocycles. The molecule has 1 N–H and O–H groups in total. The SMILES string of the molecule is Cc1ccsc1C(=O)NCC1CCCN(Cc2nnc(-c3ccccc3)o2)C1. The van der Waals surface area contributed by atoms with Gasteiger partial charge < -0.3 is 9.73 Å². The number of rotatable bonds is 6. The minimum absolute atomic E-state index is 0.0361. The summed E-state index contributed by atoms with van der Waals surface area (Å²) in [5.74, 6) is 1.67. The van der Waals surface area contributed by atoms with Gasteiger partial charge in [0.15, 0.2) is 0 Å². The third-order valence-corrected chi connectivity index (χ3v) is 6.08. The summed E-state index contributed by atoms with van der Waals surface area (Å²) in [6.45, 7) is 5.26. The van der Waals surface area contributed by atoms with Gasteiger partial charge in [0.05, 0.1) is 11.4 Å². The maximum Gasteiger partial charge on any atom is 0.261 e. The highest BCUT2D eigenvalue weighted by molar-refractivity contribution is 7.12. The fourth-order valence-electron chi connectivity index (χ4n) is 3.59. The Morgan fingerprint density at radius 2 is 2.14 bits per heavy atom. The summed E-state index contributed by atoms with van der Waals surface area (Å²) in [5, 5.41) is 13.4. The zero-order chi connectivity index (χ0) is 19.3. The molecule has 1 amide bonds. The lowest BCUT2D eigenvalue weighted by atomic mass is 9.98. The van der Waals surface area contributed by atoms with Crippen LogP contribution >= 0.6 is 11.3 Å². The van der Waals surface area contributed by atoms with Crippen LogP contribution in [0.15, 0.2) is 46.2 Å². The van der Waals surface area contributed by atoms with Crippen LogP contribution in [0.25, 0.3) is 11.5 Å². The van der Waals surface area contributed by atoms with Crippen molar-refractivity contribution in [3.8, 4) is 11.5 Å². The number of hydrogen-bond acceptors (Lipinski definition) is 6. The summed E-state index contributed by atoms with van der Waals surface area (Å²) in [6.07, 6.45) is 2.23. The Bertz CT molecular complexity index is 921. The van der Waals surface area contributed by atoms with Crippen molar-refractivity contribution in [2.75, 3.05) is 19.6 Å². The molecule has 6 nitrogen and oxygen atoms in total. The standard InChI is InChI=1S/C21H24N4O2S/c1-15-9-11-28-19(15)20(26)22-12-16-6-5-10-25(13-16)14-18-23-24-21(27-18)17-7-3-2-4-8-17/h2-4,7-9,11,16H,5-6,10,12-14H2,1H3,(H,22,26). The molecule has 1 aliphatic rings. The van der Waals surface area contributed by atoms with E-state index in [0.717, 1.165) is 41.9 Å². The monoisotopic (exact) mass is 396 g/mol. The highest BCUT2D eigenvalue weighted by Crippen LogP contribution is 2.21. The average Bonchev–Trinajstić information content (AvgIpc) is 3.36. The molecule has 1 aliphatic heterocycles. The maximum absolute atomic E-state index is 12.3. The second-order valence-corrected chi connectivity index (χ2v) is 8.17. The number of carbonyl (C=O) groups excluding carboxylic acids is 1. The summed E-state index contributed by atoms with van der Waals surface area (Å²) in [5.41, 5.74) is 1.97. The lowest BCUT2D eigenvalue weighted by Gasteiger charge is -2.31. The van der Waals surface area contributed by atoms with Crippen LogP contribution in [0, 0.1) is 12.8 Å². The molecule has 1 unspecified atom stereocenters. The van der Waals surface area contributed by atoms with Gasteiger partial charge in [-0.1, -0.05) is 18.2 Å². The predicted molar refractivity (Wildman–Crippen MR) is 109 cm³/mol. The number of nitrogens with one attached hydrogen (secondary N) is 1. The number of benzene rings is 1. The largest absolute Gasteiger partial charge is 0.419 e. The van der Waals surface area contributed by atoms with Gasteiger partial charge in [-0.15, -0.1) is 21.5 Å². The molecular formula is C21H24N4O2S. The van der Waals surface area contributed by atoms with Crippen molar-refractivity contribution in [1.29, 1.82) is 0 Å². The fourth-order valence-corrected chi connectivity index (χ4v) is 4.43. The van der Waals surface area contributed by atoms with E-state index < -0.39 is 0 Å². The Balaban J connectivity index is 1.30. The molecule has 146 valence electrons. The number of piperidine rings is 1. The van der Waals surface area contributed by atoms with Crippen molar-refractivity contribution in [3.05, 3.63) is 58.1 Å². The van der Waals surface area contributed by atoms with Crippen LogP contribution in [-0.2, 0) is 6.54 Å². The Morgan fingerprint density at radius 3 is 2.93 bits per heavy atom. The number of carbonyl (C=O) groups is 1. The Morgan fingerprint density at radius 1 is 1.29 bits per heavy atom. The first-order valence-corrected chi connectivity index (χ1v) is 10.5. The molecule has 1 saturated heterocycles. The van der Waals surface area contributed by atoms with E-state index in [-0.39, 0.29) is 5.91 Å². The number of thiophene rings is 1. The Labute approximate surface area is 168 Å². The molecule has 1 aromatic carbocycles. The summed E-state index contributed by atoms with van der Waals surface area (Å²) in [6, 6.07) is 11.8. The van der Waals surface area contributed by atoms with Gasteiger partial charge in [0.25, 0.3) is 5.91 Å². The van der Waals surface area contributed by atoms with Gasteiger partial charge in [0.1, 0.15) is 0 Å². The van der Waals surface area contributed by atoms with E-state index >= 15 is 0 Å². The van der Waals surface area contributed by atoms with Crippen LogP contribution in [-0.4, -0.2) is 40.6 Å². The normalized spacial score (nSPS) is 17.5. The average molecular weight is 397 g/mol. The number of aryl methyl sites for hydroxylation is 1. The lowest BCUT2D eigenvalue weighted by molar-refractivity contribution is 0.0931. The predicted octanol–water partition coefficient (Wildman–Crippen LogP) is 3.75. The minimum atomic E-state index is 0.0361. The second-order valence-electron chi connectivity index (χ2n) is 7.25. The van der Waals surface area contributed by atoms with E-state index in [0.29, 0.717) is 30.8 Å². The summed E-state index contributed by atoms with van der Waals surface area (Å²) < 4.78 is 5.84. The van der Waals surface area contributed by atoms with Gasteiger partial charge in [-0.25, -0.2) is 0 Å². The maximum atomic E-state index is 12.3. The van der Waals surface area contributed by atoms with E-state index in [1.165, 1.54) is 11.3 Å². The number of likely N-dealkylation sites (tertiary alicyclic amines) is 1. The molecule has 0 radical (unpaired) electrons. The van der Waals surface area contributed by atoms with Crippen LogP contribution in [0.2, 0.25) is 0 Å². The zero-order valence-corrected chi connectivity index (χ0v) is 16.7. The zero-order valence-electron chi connectivity index (χ0n) is 15.9. The molecule has 3 aromatic rings. The lowest BCUT2D eigenvalue weighted by Crippen LogP contribution is -2.40. The molecule has 7 heteroatoms. The molecule has 2 aromatic heterocycles. The number of nitrogens with zero attached hydrogens (tertiary/aromatic N) is 3. The van der Waals surface area contributed by atoms with Crippen molar-refractivity contribution < 1.29 is 9.21 Å². The van der Waals surface area contributed by atoms with Gasteiger partial charge in [0.2, 0.25) is 11.8 Å². The molecule has 0 spiro atoms. The van der Waals surface area contributed by atoms with E-state index in [1.807, 2.05) is 48.7 Å². The van der Waals surface area contributed by atoms with Gasteiger partial charge in [0, 0.05) is 18.7 Å². The van der Waals surface area contributed by atoms with Crippen molar-refractivity contribution in [3.63, 3.8) is 0 Å². The van der Waals surface area contributed by atoms with Crippen LogP contribution in [0.3, 0.4) is 0 Å². The second kappa shape index (κ2) is 8.67. The Kier molecular flexibility index (Phi) is 5.83. The molecule has 1 fully saturated rings. The summed E-state index contributed by atoms with van der Waals surface area (Å²) in [7, 11) is 0. The third-order valence-electron chi connectivity index (χ3n) is 5.07. The molecule has 3 heterocycles. The number of amides is 1. The molecule has 0 bridgehead atoms. The quantitative estimate of drug-likeness (QED) is 0.687. The molecule has 28 heavy (non-hydrogen) atoms. The van der Waals surface area contributed by atoms with Crippen LogP contribution < -0.4 is 5.32 Å². The van der Waals surface area contributed by atoms with Crippen molar-refractivity contribution >= 4 is 17.2 Å². The number of hydrogen-bond donors (Lipinski definition) is 1. The van der Waals surface area contributed by atoms with Crippen molar-refractivity contribution in [1.82, 2.24) is 20.4 Å². The summed E-state index contributed by atoms with van der Waals surface area (Å²) in [4.78, 5) is 15.5. The van der Waals surface area contributed by atoms with Crippen molar-refractivity contribution in [2.45, 2.75) is 26.3 Å². The van der Waals surface area contributed by atoms with Gasteiger partial charge in [-0.2, -0.15) is 0 Å². The minimum Gasteiger partial charge on any atom is -0.419 e. The highest BCUT2D eigenvalue weighted by Gasteiger charge is 2.23. The van der Waals surface area contributed by atoms with Crippen molar-refractivity contribution in [2.24, 2.45) is 5.92 Å². The fraction of sp³-hybridized carbons (Fsp3) is 0.381. The van der Waals surface area contributed by atoms with E-state index in [1.54, 1.807) is 0 Å². The first-order valence-electron chi connectivity index (χ1n) is 9.61. The van der Waals surface area contributed by atoms with E-state index in [2.05, 4.69) is 20.4 Å². The van der Waals surface area contributed by atoms with Crippen LogP contribution in [0.4, 0.5) is 0 Å². The topological polar surface area (TPSA) is 71.3 Å².